The first kappa shape index (κ1) is 16.9. The summed E-state index contributed by atoms with van der Waals surface area (Å²) in [5.74, 6) is 0.395. The Hall–Kier alpha value is -1.06. The second kappa shape index (κ2) is 8.11. The molecule has 0 aromatic heterocycles. The summed E-state index contributed by atoms with van der Waals surface area (Å²) in [5.41, 5.74) is 7.82. The third-order valence-electron chi connectivity index (χ3n) is 2.78. The van der Waals surface area contributed by atoms with Crippen LogP contribution in [0.25, 0.3) is 0 Å². The summed E-state index contributed by atoms with van der Waals surface area (Å²) < 4.78 is 0. The number of anilines is 1. The van der Waals surface area contributed by atoms with Crippen molar-refractivity contribution in [1.82, 2.24) is 0 Å². The van der Waals surface area contributed by atoms with Gasteiger partial charge in [0.25, 0.3) is 0 Å². The van der Waals surface area contributed by atoms with E-state index in [9.17, 15) is 4.79 Å². The topological polar surface area (TPSA) is 55.1 Å². The van der Waals surface area contributed by atoms with Crippen molar-refractivity contribution in [1.29, 1.82) is 0 Å². The van der Waals surface area contributed by atoms with E-state index in [4.69, 9.17) is 5.73 Å². The zero-order valence-electron chi connectivity index (χ0n) is 11.3. The van der Waals surface area contributed by atoms with Gasteiger partial charge in [-0.15, -0.1) is 12.4 Å². The molecule has 3 nitrogen and oxygen atoms in total. The smallest absolute Gasteiger partial charge is 0.241 e. The number of amides is 1. The van der Waals surface area contributed by atoms with Crippen molar-refractivity contribution in [3.05, 3.63) is 29.8 Å². The first-order valence-corrected chi connectivity index (χ1v) is 6.21. The fraction of sp³-hybridized carbons (Fsp3) is 0.500. The van der Waals surface area contributed by atoms with Crippen LogP contribution in [-0.2, 0) is 4.79 Å². The molecule has 0 spiro atoms. The van der Waals surface area contributed by atoms with E-state index in [-0.39, 0.29) is 18.3 Å². The van der Waals surface area contributed by atoms with Crippen molar-refractivity contribution in [2.75, 3.05) is 5.32 Å². The molecule has 3 N–H and O–H groups in total. The fourth-order valence-electron chi connectivity index (χ4n) is 1.63. The monoisotopic (exact) mass is 270 g/mol. The standard InChI is InChI=1S/C14H22N2O.ClH/c1-4-5-13(15)14(17)16-12-8-6-11(7-9-12)10(2)3;/h6-10,13H,4-5,15H2,1-3H3,(H,16,17);1H. The number of halogens is 1. The zero-order valence-corrected chi connectivity index (χ0v) is 12.1. The molecule has 0 bridgehead atoms. The maximum atomic E-state index is 11.7. The van der Waals surface area contributed by atoms with Crippen molar-refractivity contribution in [3.8, 4) is 0 Å². The minimum absolute atomic E-state index is 0. The van der Waals surface area contributed by atoms with E-state index in [1.807, 2.05) is 31.2 Å². The van der Waals surface area contributed by atoms with Gasteiger partial charge in [-0.2, -0.15) is 0 Å². The van der Waals surface area contributed by atoms with Crippen molar-refractivity contribution in [2.24, 2.45) is 5.73 Å². The predicted octanol–water partition coefficient (Wildman–Crippen LogP) is 3.30. The van der Waals surface area contributed by atoms with Crippen LogP contribution in [-0.4, -0.2) is 11.9 Å². The summed E-state index contributed by atoms with van der Waals surface area (Å²) in [6.45, 7) is 6.31. The minimum Gasteiger partial charge on any atom is -0.325 e. The molecule has 0 aliphatic rings. The van der Waals surface area contributed by atoms with Crippen LogP contribution in [0.15, 0.2) is 24.3 Å². The summed E-state index contributed by atoms with van der Waals surface area (Å²) in [4.78, 5) is 11.7. The average Bonchev–Trinajstić information content (AvgIpc) is 2.30. The van der Waals surface area contributed by atoms with Gasteiger partial charge in [0.05, 0.1) is 6.04 Å². The molecule has 1 aromatic rings. The van der Waals surface area contributed by atoms with Crippen LogP contribution >= 0.6 is 12.4 Å². The molecule has 0 aliphatic heterocycles. The molecule has 0 heterocycles. The molecule has 0 saturated carbocycles. The van der Waals surface area contributed by atoms with Gasteiger partial charge in [0.15, 0.2) is 0 Å². The normalized spacial score (nSPS) is 11.8. The van der Waals surface area contributed by atoms with E-state index in [2.05, 4.69) is 19.2 Å². The summed E-state index contributed by atoms with van der Waals surface area (Å²) in [6, 6.07) is 7.50. The Bertz CT molecular complexity index is 363. The maximum Gasteiger partial charge on any atom is 0.241 e. The van der Waals surface area contributed by atoms with Crippen molar-refractivity contribution in [2.45, 2.75) is 45.6 Å². The molecule has 18 heavy (non-hydrogen) atoms. The summed E-state index contributed by atoms with van der Waals surface area (Å²) in [7, 11) is 0. The summed E-state index contributed by atoms with van der Waals surface area (Å²) in [6.07, 6.45) is 1.64. The second-order valence-electron chi connectivity index (χ2n) is 4.66. The van der Waals surface area contributed by atoms with Gasteiger partial charge in [0.2, 0.25) is 5.91 Å². The number of rotatable bonds is 5. The highest BCUT2D eigenvalue weighted by Gasteiger charge is 2.12. The highest BCUT2D eigenvalue weighted by Crippen LogP contribution is 2.17. The van der Waals surface area contributed by atoms with Crippen LogP contribution in [0.3, 0.4) is 0 Å². The van der Waals surface area contributed by atoms with Gasteiger partial charge in [-0.1, -0.05) is 39.3 Å². The number of hydrogen-bond acceptors (Lipinski definition) is 2. The lowest BCUT2D eigenvalue weighted by molar-refractivity contribution is -0.117. The van der Waals surface area contributed by atoms with E-state index < -0.39 is 6.04 Å². The van der Waals surface area contributed by atoms with Crippen LogP contribution < -0.4 is 11.1 Å². The molecular formula is C14H23ClN2O. The van der Waals surface area contributed by atoms with Gasteiger partial charge in [-0.3, -0.25) is 4.79 Å². The number of hydrogen-bond donors (Lipinski definition) is 2. The van der Waals surface area contributed by atoms with E-state index in [0.29, 0.717) is 5.92 Å². The Labute approximate surface area is 116 Å². The summed E-state index contributed by atoms with van der Waals surface area (Å²) in [5, 5.41) is 2.83. The SMILES string of the molecule is CCCC(N)C(=O)Nc1ccc(C(C)C)cc1.Cl. The Kier molecular flexibility index (Phi) is 7.64. The van der Waals surface area contributed by atoms with Gasteiger partial charge >= 0.3 is 0 Å². The molecule has 1 atom stereocenters. The molecule has 102 valence electrons. The molecule has 4 heteroatoms. The predicted molar refractivity (Wildman–Crippen MR) is 79.3 cm³/mol. The Morgan fingerprint density at radius 3 is 2.28 bits per heavy atom. The molecular weight excluding hydrogens is 248 g/mol. The first-order chi connectivity index (χ1) is 8.04. The second-order valence-corrected chi connectivity index (χ2v) is 4.66. The molecule has 1 rings (SSSR count). The Morgan fingerprint density at radius 2 is 1.83 bits per heavy atom. The van der Waals surface area contributed by atoms with Gasteiger partial charge in [-0.25, -0.2) is 0 Å². The van der Waals surface area contributed by atoms with E-state index in [1.54, 1.807) is 0 Å². The van der Waals surface area contributed by atoms with Crippen LogP contribution in [0, 0.1) is 0 Å². The number of nitrogens with one attached hydrogen (secondary N) is 1. The molecule has 0 radical (unpaired) electrons. The van der Waals surface area contributed by atoms with Crippen LogP contribution in [0.1, 0.15) is 45.1 Å². The van der Waals surface area contributed by atoms with E-state index in [1.165, 1.54) is 5.56 Å². The van der Waals surface area contributed by atoms with Crippen LogP contribution in [0.4, 0.5) is 5.69 Å². The van der Waals surface area contributed by atoms with Gasteiger partial charge < -0.3 is 11.1 Å². The third-order valence-corrected chi connectivity index (χ3v) is 2.78. The molecule has 0 fully saturated rings. The maximum absolute atomic E-state index is 11.7. The zero-order chi connectivity index (χ0) is 12.8. The molecule has 1 aromatic carbocycles. The van der Waals surface area contributed by atoms with Gasteiger partial charge in [0.1, 0.15) is 0 Å². The minimum atomic E-state index is -0.412. The van der Waals surface area contributed by atoms with Gasteiger partial charge in [-0.05, 0) is 30.0 Å². The number of nitrogens with two attached hydrogens (primary N) is 1. The number of carbonyl (C=O) groups excluding carboxylic acids is 1. The first-order valence-electron chi connectivity index (χ1n) is 6.21. The highest BCUT2D eigenvalue weighted by molar-refractivity contribution is 5.94. The fourth-order valence-corrected chi connectivity index (χ4v) is 1.63. The Balaban J connectivity index is 0.00000289. The number of carbonyl (C=O) groups is 1. The van der Waals surface area contributed by atoms with Crippen molar-refractivity contribution >= 4 is 24.0 Å². The van der Waals surface area contributed by atoms with Crippen molar-refractivity contribution < 1.29 is 4.79 Å². The lowest BCUT2D eigenvalue weighted by Crippen LogP contribution is -2.35. The quantitative estimate of drug-likeness (QED) is 0.863. The lowest BCUT2D eigenvalue weighted by atomic mass is 10.0. The third kappa shape index (κ3) is 5.07. The van der Waals surface area contributed by atoms with Crippen LogP contribution in [0.2, 0.25) is 0 Å². The largest absolute Gasteiger partial charge is 0.325 e. The molecule has 0 saturated heterocycles. The number of benzene rings is 1. The average molecular weight is 271 g/mol. The molecule has 1 amide bonds. The van der Waals surface area contributed by atoms with Crippen molar-refractivity contribution in [3.63, 3.8) is 0 Å². The highest BCUT2D eigenvalue weighted by atomic mass is 35.5. The van der Waals surface area contributed by atoms with Crippen LogP contribution in [0.5, 0.6) is 0 Å². The Morgan fingerprint density at radius 1 is 1.28 bits per heavy atom. The van der Waals surface area contributed by atoms with E-state index in [0.717, 1.165) is 18.5 Å². The molecule has 1 unspecified atom stereocenters. The lowest BCUT2D eigenvalue weighted by Gasteiger charge is -2.12. The molecule has 0 aliphatic carbocycles. The summed E-state index contributed by atoms with van der Waals surface area (Å²) >= 11 is 0. The van der Waals surface area contributed by atoms with Gasteiger partial charge in [0, 0.05) is 5.69 Å². The van der Waals surface area contributed by atoms with E-state index >= 15 is 0 Å².